The van der Waals surface area contributed by atoms with E-state index in [-0.39, 0.29) is 10.4 Å². The largest absolute Gasteiger partial charge is 0.481 e. The van der Waals surface area contributed by atoms with Gasteiger partial charge in [0.2, 0.25) is 5.91 Å². The van der Waals surface area contributed by atoms with Gasteiger partial charge in [-0.2, -0.15) is 0 Å². The minimum atomic E-state index is -1.06. The van der Waals surface area contributed by atoms with E-state index in [4.69, 9.17) is 5.11 Å². The second kappa shape index (κ2) is 6.09. The molecule has 3 atom stereocenters. The van der Waals surface area contributed by atoms with Crippen molar-refractivity contribution in [1.82, 2.24) is 0 Å². The van der Waals surface area contributed by atoms with Gasteiger partial charge in [-0.05, 0) is 30.9 Å². The standard InChI is InChI=1S/C14H14BrF2NO3/c1-6-2-8(9(3-6)14(20)21)13(19)18-12-10(16)4-7(15)5-11(12)17/h4-6,8-9H,2-3H2,1H3,(H,18,19)(H,20,21). The smallest absolute Gasteiger partial charge is 0.307 e. The summed E-state index contributed by atoms with van der Waals surface area (Å²) in [7, 11) is 0. The van der Waals surface area contributed by atoms with Crippen molar-refractivity contribution in [1.29, 1.82) is 0 Å². The Morgan fingerprint density at radius 2 is 1.76 bits per heavy atom. The molecule has 1 amide bonds. The van der Waals surface area contributed by atoms with Crippen molar-refractivity contribution in [3.05, 3.63) is 28.2 Å². The Balaban J connectivity index is 2.20. The minimum absolute atomic E-state index is 0.0847. The van der Waals surface area contributed by atoms with Crippen molar-refractivity contribution >= 4 is 33.5 Å². The number of rotatable bonds is 3. The van der Waals surface area contributed by atoms with Gasteiger partial charge in [0.15, 0.2) is 11.6 Å². The highest BCUT2D eigenvalue weighted by Gasteiger charge is 2.41. The lowest BCUT2D eigenvalue weighted by molar-refractivity contribution is -0.145. The van der Waals surface area contributed by atoms with Crippen LogP contribution in [0, 0.1) is 29.4 Å². The molecular formula is C14H14BrF2NO3. The first kappa shape index (κ1) is 15.9. The molecule has 1 saturated carbocycles. The fourth-order valence-electron chi connectivity index (χ4n) is 2.73. The van der Waals surface area contributed by atoms with Gasteiger partial charge in [0.25, 0.3) is 0 Å². The summed E-state index contributed by atoms with van der Waals surface area (Å²) in [6.45, 7) is 1.85. The SMILES string of the molecule is CC1CC(C(=O)O)C(C(=O)Nc2c(F)cc(Br)cc2F)C1. The molecule has 2 N–H and O–H groups in total. The van der Waals surface area contributed by atoms with Crippen LogP contribution in [0.2, 0.25) is 0 Å². The van der Waals surface area contributed by atoms with Gasteiger partial charge in [-0.15, -0.1) is 0 Å². The summed E-state index contributed by atoms with van der Waals surface area (Å²) in [5.41, 5.74) is -0.549. The third kappa shape index (κ3) is 3.40. The highest BCUT2D eigenvalue weighted by molar-refractivity contribution is 9.10. The number of carbonyl (C=O) groups excluding carboxylic acids is 1. The molecule has 2 rings (SSSR count). The summed E-state index contributed by atoms with van der Waals surface area (Å²) in [6.07, 6.45) is 0.779. The Labute approximate surface area is 128 Å². The van der Waals surface area contributed by atoms with Gasteiger partial charge in [-0.1, -0.05) is 22.9 Å². The molecule has 1 aliphatic rings. The number of amides is 1. The van der Waals surface area contributed by atoms with E-state index in [2.05, 4.69) is 21.2 Å². The lowest BCUT2D eigenvalue weighted by atomic mass is 9.95. The molecule has 21 heavy (non-hydrogen) atoms. The first-order valence-corrected chi connectivity index (χ1v) is 7.27. The summed E-state index contributed by atoms with van der Waals surface area (Å²) < 4.78 is 27.6. The second-order valence-electron chi connectivity index (χ2n) is 5.36. The minimum Gasteiger partial charge on any atom is -0.481 e. The van der Waals surface area contributed by atoms with E-state index in [1.165, 1.54) is 0 Å². The number of carboxylic acids is 1. The van der Waals surface area contributed by atoms with Crippen LogP contribution in [-0.4, -0.2) is 17.0 Å². The molecule has 3 unspecified atom stereocenters. The van der Waals surface area contributed by atoms with Gasteiger partial charge < -0.3 is 10.4 Å². The molecule has 0 aliphatic heterocycles. The highest BCUT2D eigenvalue weighted by atomic mass is 79.9. The zero-order chi connectivity index (χ0) is 15.7. The van der Waals surface area contributed by atoms with Crippen molar-refractivity contribution in [2.45, 2.75) is 19.8 Å². The van der Waals surface area contributed by atoms with Gasteiger partial charge in [0, 0.05) is 4.47 Å². The number of benzene rings is 1. The van der Waals surface area contributed by atoms with Gasteiger partial charge in [0.1, 0.15) is 5.69 Å². The third-order valence-electron chi connectivity index (χ3n) is 3.71. The first-order chi connectivity index (χ1) is 9.79. The topological polar surface area (TPSA) is 66.4 Å². The van der Waals surface area contributed by atoms with Crippen LogP contribution in [0.25, 0.3) is 0 Å². The van der Waals surface area contributed by atoms with E-state index in [0.717, 1.165) is 12.1 Å². The number of aliphatic carboxylic acids is 1. The summed E-state index contributed by atoms with van der Waals surface area (Å²) in [4.78, 5) is 23.3. The molecule has 1 aromatic rings. The fraction of sp³-hybridized carbons (Fsp3) is 0.429. The predicted molar refractivity (Wildman–Crippen MR) is 75.7 cm³/mol. The number of carbonyl (C=O) groups is 2. The van der Waals surface area contributed by atoms with Crippen molar-refractivity contribution in [3.63, 3.8) is 0 Å². The van der Waals surface area contributed by atoms with Crippen LogP contribution >= 0.6 is 15.9 Å². The molecule has 4 nitrogen and oxygen atoms in total. The van der Waals surface area contributed by atoms with E-state index in [0.29, 0.717) is 12.8 Å². The number of halogens is 3. The number of hydrogen-bond acceptors (Lipinski definition) is 2. The number of carboxylic acid groups (broad SMARTS) is 1. The Bertz CT molecular complexity index is 571. The molecule has 1 aliphatic carbocycles. The molecule has 7 heteroatoms. The monoisotopic (exact) mass is 361 g/mol. The Morgan fingerprint density at radius 3 is 2.29 bits per heavy atom. The molecule has 114 valence electrons. The summed E-state index contributed by atoms with van der Waals surface area (Å²) in [5.74, 6) is -5.05. The van der Waals surface area contributed by atoms with Crippen LogP contribution < -0.4 is 5.32 Å². The predicted octanol–water partition coefficient (Wildman–Crippen LogP) is 3.41. The van der Waals surface area contributed by atoms with Crippen molar-refractivity contribution < 1.29 is 23.5 Å². The molecule has 0 saturated heterocycles. The maximum atomic E-state index is 13.7. The summed E-state index contributed by atoms with van der Waals surface area (Å²) >= 11 is 2.95. The van der Waals surface area contributed by atoms with Gasteiger partial charge in [0.05, 0.1) is 11.8 Å². The fourth-order valence-corrected chi connectivity index (χ4v) is 3.13. The van der Waals surface area contributed by atoms with E-state index < -0.39 is 41.0 Å². The van der Waals surface area contributed by atoms with Crippen LogP contribution in [0.3, 0.4) is 0 Å². The lowest BCUT2D eigenvalue weighted by Gasteiger charge is -2.16. The van der Waals surface area contributed by atoms with Crippen molar-refractivity contribution in [2.24, 2.45) is 17.8 Å². The zero-order valence-corrected chi connectivity index (χ0v) is 12.8. The number of hydrogen-bond donors (Lipinski definition) is 2. The quantitative estimate of drug-likeness (QED) is 0.866. The number of nitrogens with one attached hydrogen (secondary N) is 1. The maximum absolute atomic E-state index is 13.7. The van der Waals surface area contributed by atoms with Gasteiger partial charge in [-0.3, -0.25) is 9.59 Å². The maximum Gasteiger partial charge on any atom is 0.307 e. The summed E-state index contributed by atoms with van der Waals surface area (Å²) in [6, 6.07) is 2.06. The normalized spacial score (nSPS) is 24.9. The third-order valence-corrected chi connectivity index (χ3v) is 4.17. The molecule has 1 fully saturated rings. The average Bonchev–Trinajstić information content (AvgIpc) is 2.76. The Morgan fingerprint density at radius 1 is 1.24 bits per heavy atom. The Kier molecular flexibility index (Phi) is 4.61. The van der Waals surface area contributed by atoms with Crippen LogP contribution in [0.4, 0.5) is 14.5 Å². The van der Waals surface area contributed by atoms with Crippen molar-refractivity contribution in [3.8, 4) is 0 Å². The first-order valence-electron chi connectivity index (χ1n) is 6.47. The van der Waals surface area contributed by atoms with Gasteiger partial charge >= 0.3 is 5.97 Å². The molecule has 0 aromatic heterocycles. The lowest BCUT2D eigenvalue weighted by Crippen LogP contribution is -2.30. The van der Waals surface area contributed by atoms with Crippen LogP contribution in [0.1, 0.15) is 19.8 Å². The van der Waals surface area contributed by atoms with Crippen LogP contribution in [0.15, 0.2) is 16.6 Å². The van der Waals surface area contributed by atoms with E-state index in [1.54, 1.807) is 0 Å². The molecule has 1 aromatic carbocycles. The molecule has 0 bridgehead atoms. The van der Waals surface area contributed by atoms with Crippen molar-refractivity contribution in [2.75, 3.05) is 5.32 Å². The Hall–Kier alpha value is -1.50. The molecule has 0 spiro atoms. The number of anilines is 1. The molecule has 0 heterocycles. The average molecular weight is 362 g/mol. The zero-order valence-electron chi connectivity index (χ0n) is 11.2. The van der Waals surface area contributed by atoms with E-state index in [9.17, 15) is 18.4 Å². The van der Waals surface area contributed by atoms with E-state index in [1.807, 2.05) is 6.92 Å². The molecule has 0 radical (unpaired) electrons. The van der Waals surface area contributed by atoms with E-state index >= 15 is 0 Å². The summed E-state index contributed by atoms with van der Waals surface area (Å²) in [5, 5.41) is 11.3. The molecular weight excluding hydrogens is 348 g/mol. The van der Waals surface area contributed by atoms with Crippen LogP contribution in [0.5, 0.6) is 0 Å². The van der Waals surface area contributed by atoms with Crippen LogP contribution in [-0.2, 0) is 9.59 Å². The second-order valence-corrected chi connectivity index (χ2v) is 6.28. The highest BCUT2D eigenvalue weighted by Crippen LogP contribution is 2.37. The van der Waals surface area contributed by atoms with Gasteiger partial charge in [-0.25, -0.2) is 8.78 Å².